The Morgan fingerprint density at radius 3 is 2.50 bits per heavy atom. The van der Waals surface area contributed by atoms with Crippen LogP contribution in [0.3, 0.4) is 0 Å². The van der Waals surface area contributed by atoms with Crippen LogP contribution in [-0.2, 0) is 27.3 Å². The van der Waals surface area contributed by atoms with Crippen molar-refractivity contribution in [1.29, 1.82) is 0 Å². The number of fused-ring (bicyclic) bond motifs is 1. The minimum absolute atomic E-state index is 0.166. The normalized spacial score (nSPS) is 18.8. The summed E-state index contributed by atoms with van der Waals surface area (Å²) in [6, 6.07) is 13.1. The fraction of sp³-hybridized carbons (Fsp3) is 0.273. The first-order chi connectivity index (χ1) is 13.6. The lowest BCUT2D eigenvalue weighted by atomic mass is 9.99. The molecule has 2 aliphatic heterocycles. The minimum atomic E-state index is -0.599. The predicted molar refractivity (Wildman–Crippen MR) is 102 cm³/mol. The van der Waals surface area contributed by atoms with Crippen LogP contribution in [0.5, 0.6) is 0 Å². The maximum atomic E-state index is 12.7. The van der Waals surface area contributed by atoms with Gasteiger partial charge in [-0.2, -0.15) is 0 Å². The Hall–Kier alpha value is -3.28. The van der Waals surface area contributed by atoms with E-state index in [1.165, 1.54) is 0 Å². The average molecular weight is 376 g/mol. The molecule has 4 rings (SSSR count). The van der Waals surface area contributed by atoms with E-state index in [-0.39, 0.29) is 18.2 Å². The summed E-state index contributed by atoms with van der Waals surface area (Å²) < 4.78 is 0. The third-order valence-corrected chi connectivity index (χ3v) is 5.36. The van der Waals surface area contributed by atoms with Gasteiger partial charge >= 0.3 is 0 Å². The van der Waals surface area contributed by atoms with E-state index in [0.717, 1.165) is 35.0 Å². The van der Waals surface area contributed by atoms with Crippen molar-refractivity contribution in [3.63, 3.8) is 0 Å². The quantitative estimate of drug-likeness (QED) is 0.641. The highest BCUT2D eigenvalue weighted by atomic mass is 16.2. The third-order valence-electron chi connectivity index (χ3n) is 5.36. The van der Waals surface area contributed by atoms with E-state index in [1.807, 2.05) is 36.4 Å². The number of benzene rings is 2. The van der Waals surface area contributed by atoms with Crippen molar-refractivity contribution in [3.8, 4) is 11.1 Å². The van der Waals surface area contributed by atoms with Crippen molar-refractivity contribution in [1.82, 2.24) is 10.2 Å². The van der Waals surface area contributed by atoms with Crippen LogP contribution >= 0.6 is 0 Å². The van der Waals surface area contributed by atoms with Crippen LogP contribution in [0.15, 0.2) is 42.5 Å². The molecule has 2 aromatic carbocycles. The summed E-state index contributed by atoms with van der Waals surface area (Å²) in [5.74, 6) is -0.854. The van der Waals surface area contributed by atoms with Crippen molar-refractivity contribution in [2.75, 3.05) is 0 Å². The number of aryl methyl sites for hydroxylation is 1. The SMILES string of the molecule is O=CCCc1ccc(-c2ccc3c(c2)CN(C2CCC(=O)NC2=O)C3=O)cc1. The molecule has 0 spiro atoms. The topological polar surface area (TPSA) is 83.6 Å². The molecular formula is C22H20N2O4. The summed E-state index contributed by atoms with van der Waals surface area (Å²) in [6.45, 7) is 0.367. The van der Waals surface area contributed by atoms with Gasteiger partial charge in [0.15, 0.2) is 0 Å². The molecule has 2 aliphatic rings. The van der Waals surface area contributed by atoms with Gasteiger partial charge < -0.3 is 9.69 Å². The summed E-state index contributed by atoms with van der Waals surface area (Å²) >= 11 is 0. The standard InChI is InChI=1S/C22H20N2O4/c25-11-1-2-14-3-5-15(6-4-14)16-7-8-18-17(12-16)13-24(22(18)28)19-9-10-20(26)23-21(19)27/h3-8,11-12,19H,1-2,9-10,13H2,(H,23,26,27). The van der Waals surface area contributed by atoms with Gasteiger partial charge in [0.05, 0.1) is 0 Å². The van der Waals surface area contributed by atoms with Gasteiger partial charge in [0.1, 0.15) is 12.3 Å². The van der Waals surface area contributed by atoms with Crippen molar-refractivity contribution in [2.24, 2.45) is 0 Å². The summed E-state index contributed by atoms with van der Waals surface area (Å²) in [5, 5.41) is 2.32. The maximum absolute atomic E-state index is 12.7. The Morgan fingerprint density at radius 1 is 1.04 bits per heavy atom. The number of hydrogen-bond donors (Lipinski definition) is 1. The zero-order valence-electron chi connectivity index (χ0n) is 15.3. The molecule has 0 aromatic heterocycles. The molecule has 28 heavy (non-hydrogen) atoms. The lowest BCUT2D eigenvalue weighted by Gasteiger charge is -2.29. The molecule has 1 saturated heterocycles. The largest absolute Gasteiger partial charge is 0.322 e. The second-order valence-electron chi connectivity index (χ2n) is 7.17. The lowest BCUT2D eigenvalue weighted by Crippen LogP contribution is -2.52. The van der Waals surface area contributed by atoms with Gasteiger partial charge in [0.25, 0.3) is 5.91 Å². The van der Waals surface area contributed by atoms with Gasteiger partial charge in [0.2, 0.25) is 11.8 Å². The van der Waals surface area contributed by atoms with Crippen LogP contribution in [0, 0.1) is 0 Å². The molecule has 0 bridgehead atoms. The van der Waals surface area contributed by atoms with E-state index in [9.17, 15) is 19.2 Å². The summed E-state index contributed by atoms with van der Waals surface area (Å²) in [7, 11) is 0. The number of aldehydes is 1. The number of rotatable bonds is 5. The fourth-order valence-electron chi connectivity index (χ4n) is 3.84. The molecular weight excluding hydrogens is 356 g/mol. The van der Waals surface area contributed by atoms with Crippen molar-refractivity contribution < 1.29 is 19.2 Å². The van der Waals surface area contributed by atoms with E-state index < -0.39 is 11.9 Å². The Balaban J connectivity index is 1.54. The lowest BCUT2D eigenvalue weighted by molar-refractivity contribution is -0.136. The first-order valence-corrected chi connectivity index (χ1v) is 9.37. The highest BCUT2D eigenvalue weighted by Crippen LogP contribution is 2.31. The number of amides is 3. The predicted octanol–water partition coefficient (Wildman–Crippen LogP) is 2.25. The number of carbonyl (C=O) groups excluding carboxylic acids is 4. The summed E-state index contributed by atoms with van der Waals surface area (Å²) in [5.41, 5.74) is 4.63. The van der Waals surface area contributed by atoms with Crippen LogP contribution in [0.1, 0.15) is 40.7 Å². The summed E-state index contributed by atoms with van der Waals surface area (Å²) in [6.07, 6.45) is 2.76. The van der Waals surface area contributed by atoms with Gasteiger partial charge in [0, 0.05) is 24.9 Å². The van der Waals surface area contributed by atoms with Crippen LogP contribution in [0.25, 0.3) is 11.1 Å². The molecule has 1 atom stereocenters. The van der Waals surface area contributed by atoms with Crippen molar-refractivity contribution >= 4 is 24.0 Å². The number of hydrogen-bond acceptors (Lipinski definition) is 4. The second kappa shape index (κ2) is 7.38. The Labute approximate surface area is 162 Å². The van der Waals surface area contributed by atoms with Crippen LogP contribution in [0.4, 0.5) is 0 Å². The molecule has 2 aromatic rings. The maximum Gasteiger partial charge on any atom is 0.255 e. The van der Waals surface area contributed by atoms with Crippen LogP contribution in [-0.4, -0.2) is 34.9 Å². The molecule has 0 radical (unpaired) electrons. The molecule has 142 valence electrons. The number of piperidine rings is 1. The Morgan fingerprint density at radius 2 is 1.79 bits per heavy atom. The molecule has 0 saturated carbocycles. The number of nitrogens with one attached hydrogen (secondary N) is 1. The molecule has 2 heterocycles. The zero-order valence-corrected chi connectivity index (χ0v) is 15.3. The zero-order chi connectivity index (χ0) is 19.7. The second-order valence-corrected chi connectivity index (χ2v) is 7.17. The van der Waals surface area contributed by atoms with Crippen molar-refractivity contribution in [2.45, 2.75) is 38.3 Å². The van der Waals surface area contributed by atoms with E-state index in [4.69, 9.17) is 0 Å². The first-order valence-electron chi connectivity index (χ1n) is 9.37. The van der Waals surface area contributed by atoms with Gasteiger partial charge in [-0.05, 0) is 47.2 Å². The molecule has 1 unspecified atom stereocenters. The van der Waals surface area contributed by atoms with E-state index >= 15 is 0 Å². The van der Waals surface area contributed by atoms with E-state index in [0.29, 0.717) is 24.9 Å². The number of imide groups is 1. The molecule has 1 N–H and O–H groups in total. The summed E-state index contributed by atoms with van der Waals surface area (Å²) in [4.78, 5) is 48.3. The Bertz CT molecular complexity index is 965. The molecule has 0 aliphatic carbocycles. The molecule has 1 fully saturated rings. The molecule has 6 heteroatoms. The monoisotopic (exact) mass is 376 g/mol. The molecule has 3 amide bonds. The highest BCUT2D eigenvalue weighted by Gasteiger charge is 2.39. The molecule has 6 nitrogen and oxygen atoms in total. The van der Waals surface area contributed by atoms with Crippen molar-refractivity contribution in [3.05, 3.63) is 59.2 Å². The first kappa shape index (κ1) is 18.1. The third kappa shape index (κ3) is 3.33. The van der Waals surface area contributed by atoms with Gasteiger partial charge in [-0.15, -0.1) is 0 Å². The van der Waals surface area contributed by atoms with Gasteiger partial charge in [-0.1, -0.05) is 30.3 Å². The highest BCUT2D eigenvalue weighted by molar-refractivity contribution is 6.05. The van der Waals surface area contributed by atoms with E-state index in [2.05, 4.69) is 5.32 Å². The smallest absolute Gasteiger partial charge is 0.255 e. The number of carbonyl (C=O) groups is 4. The van der Waals surface area contributed by atoms with Gasteiger partial charge in [-0.3, -0.25) is 19.7 Å². The van der Waals surface area contributed by atoms with Gasteiger partial charge in [-0.25, -0.2) is 0 Å². The fourth-order valence-corrected chi connectivity index (χ4v) is 3.84. The van der Waals surface area contributed by atoms with Crippen LogP contribution in [0.2, 0.25) is 0 Å². The van der Waals surface area contributed by atoms with E-state index in [1.54, 1.807) is 11.0 Å². The number of nitrogens with zero attached hydrogens (tertiary/aromatic N) is 1. The Kier molecular flexibility index (Phi) is 4.77. The van der Waals surface area contributed by atoms with Crippen LogP contribution < -0.4 is 5.32 Å². The average Bonchev–Trinajstić information content (AvgIpc) is 3.02. The minimum Gasteiger partial charge on any atom is -0.322 e.